The average Bonchev–Trinajstić information content (AvgIpc) is 2.51. The molecule has 1 aromatic rings. The molecule has 0 aromatic carbocycles. The molecule has 1 rings (SSSR count). The van der Waals surface area contributed by atoms with E-state index in [0.717, 1.165) is 31.8 Å². The van der Waals surface area contributed by atoms with E-state index in [0.29, 0.717) is 0 Å². The van der Waals surface area contributed by atoms with Crippen LogP contribution in [0, 0.1) is 12.3 Å². The van der Waals surface area contributed by atoms with Crippen LogP contribution in [0.5, 0.6) is 0 Å². The van der Waals surface area contributed by atoms with Gasteiger partial charge in [0.2, 0.25) is 0 Å². The third-order valence-electron chi connectivity index (χ3n) is 1.62. The maximum absolute atomic E-state index is 5.11. The fraction of sp³-hybridized carbons (Fsp3) is 0.556. The van der Waals surface area contributed by atoms with Crippen LogP contribution < -0.4 is 5.32 Å². The minimum Gasteiger partial charge on any atom is -0.315 e. The average molecular weight is 178 g/mol. The van der Waals surface area contributed by atoms with Crippen molar-refractivity contribution < 1.29 is 0 Å². The lowest BCUT2D eigenvalue weighted by molar-refractivity contribution is 0.667. The van der Waals surface area contributed by atoms with Crippen molar-refractivity contribution in [1.82, 2.24) is 20.1 Å². The number of nitrogens with zero attached hydrogens (tertiary/aromatic N) is 3. The minimum absolute atomic E-state index is 0.773. The van der Waals surface area contributed by atoms with Crippen LogP contribution in [-0.4, -0.2) is 27.9 Å². The molecule has 0 bridgehead atoms. The molecule has 4 heteroatoms. The number of hydrogen-bond donors (Lipinski definition) is 1. The summed E-state index contributed by atoms with van der Waals surface area (Å²) in [6.07, 6.45) is 8.44. The Morgan fingerprint density at radius 3 is 3.08 bits per heavy atom. The molecule has 0 amide bonds. The number of terminal acetylenes is 1. The fourth-order valence-corrected chi connectivity index (χ4v) is 0.984. The van der Waals surface area contributed by atoms with Gasteiger partial charge >= 0.3 is 0 Å². The topological polar surface area (TPSA) is 42.7 Å². The Morgan fingerprint density at radius 2 is 2.46 bits per heavy atom. The quantitative estimate of drug-likeness (QED) is 0.508. The third-order valence-corrected chi connectivity index (χ3v) is 1.62. The van der Waals surface area contributed by atoms with Gasteiger partial charge in [-0.2, -0.15) is 5.10 Å². The Kier molecular flexibility index (Phi) is 4.00. The van der Waals surface area contributed by atoms with E-state index < -0.39 is 0 Å². The van der Waals surface area contributed by atoms with Crippen LogP contribution in [0.15, 0.2) is 6.33 Å². The maximum Gasteiger partial charge on any atom is 0.151 e. The van der Waals surface area contributed by atoms with Gasteiger partial charge in [0.05, 0.1) is 0 Å². The highest BCUT2D eigenvalue weighted by Crippen LogP contribution is 1.87. The minimum atomic E-state index is 0.773. The predicted molar refractivity (Wildman–Crippen MR) is 51.0 cm³/mol. The molecule has 0 unspecified atom stereocenters. The number of aryl methyl sites for hydroxylation is 1. The number of hydrogen-bond acceptors (Lipinski definition) is 3. The van der Waals surface area contributed by atoms with E-state index in [-0.39, 0.29) is 0 Å². The van der Waals surface area contributed by atoms with Crippen molar-refractivity contribution in [2.75, 3.05) is 13.1 Å². The van der Waals surface area contributed by atoms with Gasteiger partial charge < -0.3 is 5.32 Å². The van der Waals surface area contributed by atoms with E-state index in [9.17, 15) is 0 Å². The molecule has 0 fully saturated rings. The first-order chi connectivity index (χ1) is 6.33. The van der Waals surface area contributed by atoms with Crippen LogP contribution in [0.4, 0.5) is 0 Å². The first-order valence-electron chi connectivity index (χ1n) is 4.31. The fourth-order valence-electron chi connectivity index (χ4n) is 0.984. The van der Waals surface area contributed by atoms with Crippen molar-refractivity contribution in [2.45, 2.75) is 12.8 Å². The van der Waals surface area contributed by atoms with Crippen molar-refractivity contribution in [2.24, 2.45) is 7.05 Å². The molecule has 0 atom stereocenters. The van der Waals surface area contributed by atoms with Gasteiger partial charge in [0, 0.05) is 33.0 Å². The second kappa shape index (κ2) is 5.33. The summed E-state index contributed by atoms with van der Waals surface area (Å²) >= 11 is 0. The molecule has 0 aliphatic heterocycles. The largest absolute Gasteiger partial charge is 0.315 e. The zero-order valence-corrected chi connectivity index (χ0v) is 7.82. The Morgan fingerprint density at radius 1 is 1.62 bits per heavy atom. The molecule has 0 saturated carbocycles. The Bertz CT molecular complexity index is 284. The molecular weight excluding hydrogens is 164 g/mol. The monoisotopic (exact) mass is 178 g/mol. The van der Waals surface area contributed by atoms with E-state index in [1.54, 1.807) is 11.0 Å². The highest BCUT2D eigenvalue weighted by molar-refractivity contribution is 4.85. The van der Waals surface area contributed by atoms with Crippen molar-refractivity contribution >= 4 is 0 Å². The molecule has 0 saturated heterocycles. The Balaban J connectivity index is 2.10. The summed E-state index contributed by atoms with van der Waals surface area (Å²) in [5, 5.41) is 7.37. The summed E-state index contributed by atoms with van der Waals surface area (Å²) < 4.78 is 1.71. The van der Waals surface area contributed by atoms with E-state index in [2.05, 4.69) is 21.3 Å². The second-order valence-electron chi connectivity index (χ2n) is 2.79. The van der Waals surface area contributed by atoms with Gasteiger partial charge in [-0.15, -0.1) is 12.3 Å². The van der Waals surface area contributed by atoms with Gasteiger partial charge in [-0.1, -0.05) is 0 Å². The van der Waals surface area contributed by atoms with Crippen LogP contribution in [0.2, 0.25) is 0 Å². The highest BCUT2D eigenvalue weighted by atomic mass is 15.3. The number of nitrogens with one attached hydrogen (secondary N) is 1. The molecule has 0 spiro atoms. The summed E-state index contributed by atoms with van der Waals surface area (Å²) in [5.41, 5.74) is 0. The molecule has 0 radical (unpaired) electrons. The lowest BCUT2D eigenvalue weighted by atomic mass is 10.4. The standard InChI is InChI=1S/C9H14N4/c1-3-4-6-10-7-5-9-11-8-13(2)12-9/h1,8,10H,4-7H2,2H3. The molecule has 1 aromatic heterocycles. The Labute approximate surface area is 78.4 Å². The van der Waals surface area contributed by atoms with Gasteiger partial charge in [-0.05, 0) is 0 Å². The maximum atomic E-state index is 5.11. The van der Waals surface area contributed by atoms with Crippen molar-refractivity contribution in [3.05, 3.63) is 12.2 Å². The smallest absolute Gasteiger partial charge is 0.151 e. The molecule has 70 valence electrons. The van der Waals surface area contributed by atoms with Crippen molar-refractivity contribution in [1.29, 1.82) is 0 Å². The van der Waals surface area contributed by atoms with Gasteiger partial charge in [0.1, 0.15) is 6.33 Å². The molecular formula is C9H14N4. The van der Waals surface area contributed by atoms with Crippen LogP contribution >= 0.6 is 0 Å². The first-order valence-corrected chi connectivity index (χ1v) is 4.31. The van der Waals surface area contributed by atoms with Gasteiger partial charge in [-0.3, -0.25) is 4.68 Å². The summed E-state index contributed by atoms with van der Waals surface area (Å²) in [5.74, 6) is 3.44. The summed E-state index contributed by atoms with van der Waals surface area (Å²) in [6, 6.07) is 0. The predicted octanol–water partition coefficient (Wildman–Crippen LogP) is -0.0295. The SMILES string of the molecule is C#CCCNCCc1ncn(C)n1. The molecule has 1 N–H and O–H groups in total. The second-order valence-corrected chi connectivity index (χ2v) is 2.79. The van der Waals surface area contributed by atoms with Crippen LogP contribution in [0.1, 0.15) is 12.2 Å². The van der Waals surface area contributed by atoms with Crippen LogP contribution in [0.3, 0.4) is 0 Å². The van der Waals surface area contributed by atoms with Crippen LogP contribution in [-0.2, 0) is 13.5 Å². The summed E-state index contributed by atoms with van der Waals surface area (Å²) in [4.78, 5) is 4.11. The number of rotatable bonds is 5. The molecule has 1 heterocycles. The molecule has 0 aliphatic rings. The molecule has 13 heavy (non-hydrogen) atoms. The Hall–Kier alpha value is -1.34. The van der Waals surface area contributed by atoms with E-state index in [4.69, 9.17) is 6.42 Å². The molecule has 0 aliphatic carbocycles. The van der Waals surface area contributed by atoms with E-state index >= 15 is 0 Å². The van der Waals surface area contributed by atoms with Crippen molar-refractivity contribution in [3.63, 3.8) is 0 Å². The summed E-state index contributed by atoms with van der Waals surface area (Å²) in [6.45, 7) is 1.75. The summed E-state index contributed by atoms with van der Waals surface area (Å²) in [7, 11) is 1.86. The van der Waals surface area contributed by atoms with E-state index in [1.165, 1.54) is 0 Å². The lowest BCUT2D eigenvalue weighted by Crippen LogP contribution is -2.18. The zero-order chi connectivity index (χ0) is 9.52. The number of aromatic nitrogens is 3. The zero-order valence-electron chi connectivity index (χ0n) is 7.82. The highest BCUT2D eigenvalue weighted by Gasteiger charge is 1.96. The first kappa shape index (κ1) is 9.75. The van der Waals surface area contributed by atoms with Crippen LogP contribution in [0.25, 0.3) is 0 Å². The lowest BCUT2D eigenvalue weighted by Gasteiger charge is -1.98. The third kappa shape index (κ3) is 3.72. The van der Waals surface area contributed by atoms with Gasteiger partial charge in [-0.25, -0.2) is 4.98 Å². The molecule has 4 nitrogen and oxygen atoms in total. The van der Waals surface area contributed by atoms with Crippen molar-refractivity contribution in [3.8, 4) is 12.3 Å². The van der Waals surface area contributed by atoms with E-state index in [1.807, 2.05) is 7.05 Å². The normalized spacial score (nSPS) is 9.85. The van der Waals surface area contributed by atoms with Gasteiger partial charge in [0.15, 0.2) is 5.82 Å². The van der Waals surface area contributed by atoms with Gasteiger partial charge in [0.25, 0.3) is 0 Å².